The van der Waals surface area contributed by atoms with Crippen molar-refractivity contribution in [3.63, 3.8) is 0 Å². The second-order valence-electron chi connectivity index (χ2n) is 6.84. The number of hydrogen-bond acceptors (Lipinski definition) is 7. The Morgan fingerprint density at radius 1 is 1.09 bits per heavy atom. The van der Waals surface area contributed by atoms with E-state index in [0.29, 0.717) is 13.2 Å². The summed E-state index contributed by atoms with van der Waals surface area (Å²) < 4.78 is 34.5. The van der Waals surface area contributed by atoms with E-state index >= 15 is 0 Å². The molecular formula is C15H25NO7. The minimum Gasteiger partial charge on any atom is -0.417 e. The van der Waals surface area contributed by atoms with Crippen LogP contribution in [0.5, 0.6) is 0 Å². The standard InChI is InChI=1S/C15H25NO7/c1-6-16-13(17)20-12-11-10(22-15(4,5)23-11)9(19-12)8-7-18-14(2,3)21-8/h8-12H,6-7H2,1-5H3,(H,16,17)/t8-,9-,10+,11+,12?/m1/s1. The fourth-order valence-corrected chi connectivity index (χ4v) is 3.15. The third-order valence-electron chi connectivity index (χ3n) is 3.99. The van der Waals surface area contributed by atoms with Crippen molar-refractivity contribution in [3.8, 4) is 0 Å². The monoisotopic (exact) mass is 331 g/mol. The van der Waals surface area contributed by atoms with E-state index in [9.17, 15) is 4.79 Å². The van der Waals surface area contributed by atoms with Crippen LogP contribution in [0.3, 0.4) is 0 Å². The van der Waals surface area contributed by atoms with Crippen LogP contribution in [-0.4, -0.2) is 61.5 Å². The maximum Gasteiger partial charge on any atom is 0.409 e. The summed E-state index contributed by atoms with van der Waals surface area (Å²) in [5, 5.41) is 2.58. The largest absolute Gasteiger partial charge is 0.417 e. The summed E-state index contributed by atoms with van der Waals surface area (Å²) >= 11 is 0. The fraction of sp³-hybridized carbons (Fsp3) is 0.933. The summed E-state index contributed by atoms with van der Waals surface area (Å²) in [4.78, 5) is 11.7. The summed E-state index contributed by atoms with van der Waals surface area (Å²) in [6.07, 6.45) is -3.00. The van der Waals surface area contributed by atoms with Crippen molar-refractivity contribution in [1.29, 1.82) is 0 Å². The lowest BCUT2D eigenvalue weighted by atomic mass is 10.1. The number of carbonyl (C=O) groups is 1. The summed E-state index contributed by atoms with van der Waals surface area (Å²) in [6, 6.07) is 0. The van der Waals surface area contributed by atoms with Gasteiger partial charge in [-0.05, 0) is 34.6 Å². The highest BCUT2D eigenvalue weighted by atomic mass is 16.8. The molecule has 1 N–H and O–H groups in total. The Morgan fingerprint density at radius 3 is 2.39 bits per heavy atom. The van der Waals surface area contributed by atoms with Gasteiger partial charge in [0, 0.05) is 6.54 Å². The Kier molecular flexibility index (Phi) is 4.31. The molecular weight excluding hydrogens is 306 g/mol. The van der Waals surface area contributed by atoms with Gasteiger partial charge < -0.3 is 33.7 Å². The first kappa shape index (κ1) is 16.9. The van der Waals surface area contributed by atoms with E-state index in [1.165, 1.54) is 0 Å². The number of ether oxygens (including phenoxy) is 6. The molecule has 3 aliphatic heterocycles. The van der Waals surface area contributed by atoms with E-state index in [2.05, 4.69) is 5.32 Å². The Morgan fingerprint density at radius 2 is 1.78 bits per heavy atom. The molecule has 1 unspecified atom stereocenters. The van der Waals surface area contributed by atoms with Gasteiger partial charge in [0.05, 0.1) is 6.61 Å². The molecule has 132 valence electrons. The van der Waals surface area contributed by atoms with Crippen LogP contribution in [0.15, 0.2) is 0 Å². The van der Waals surface area contributed by atoms with E-state index in [1.54, 1.807) is 0 Å². The van der Waals surface area contributed by atoms with Crippen LogP contribution in [0.2, 0.25) is 0 Å². The summed E-state index contributed by atoms with van der Waals surface area (Å²) in [5.74, 6) is -1.44. The predicted octanol–water partition coefficient (Wildman–Crippen LogP) is 1.13. The van der Waals surface area contributed by atoms with Crippen molar-refractivity contribution < 1.29 is 33.2 Å². The average Bonchev–Trinajstić information content (AvgIpc) is 3.02. The van der Waals surface area contributed by atoms with Gasteiger partial charge in [-0.15, -0.1) is 0 Å². The quantitative estimate of drug-likeness (QED) is 0.830. The van der Waals surface area contributed by atoms with Crippen LogP contribution in [0, 0.1) is 0 Å². The molecule has 0 aromatic heterocycles. The van der Waals surface area contributed by atoms with Crippen molar-refractivity contribution in [3.05, 3.63) is 0 Å². The summed E-state index contributed by atoms with van der Waals surface area (Å²) in [5.41, 5.74) is 0. The molecule has 3 fully saturated rings. The Labute approximate surface area is 135 Å². The van der Waals surface area contributed by atoms with Crippen molar-refractivity contribution in [1.82, 2.24) is 5.32 Å². The molecule has 3 saturated heterocycles. The highest BCUT2D eigenvalue weighted by Gasteiger charge is 2.60. The molecule has 23 heavy (non-hydrogen) atoms. The molecule has 8 heteroatoms. The minimum absolute atomic E-state index is 0.308. The molecule has 5 atom stereocenters. The lowest BCUT2D eigenvalue weighted by Gasteiger charge is -2.26. The van der Waals surface area contributed by atoms with E-state index in [-0.39, 0.29) is 12.2 Å². The van der Waals surface area contributed by atoms with Crippen LogP contribution in [0.4, 0.5) is 4.79 Å². The maximum atomic E-state index is 11.7. The van der Waals surface area contributed by atoms with Gasteiger partial charge in [-0.25, -0.2) is 4.79 Å². The van der Waals surface area contributed by atoms with Crippen molar-refractivity contribution in [2.75, 3.05) is 13.2 Å². The molecule has 3 heterocycles. The molecule has 0 aromatic rings. The first-order valence-electron chi connectivity index (χ1n) is 7.98. The highest BCUT2D eigenvalue weighted by Crippen LogP contribution is 2.42. The van der Waals surface area contributed by atoms with E-state index < -0.39 is 36.2 Å². The summed E-state index contributed by atoms with van der Waals surface area (Å²) in [6.45, 7) is 10.0. The van der Waals surface area contributed by atoms with Gasteiger partial charge in [-0.3, -0.25) is 0 Å². The Hall–Kier alpha value is -0.930. The predicted molar refractivity (Wildman–Crippen MR) is 77.5 cm³/mol. The molecule has 0 spiro atoms. The summed E-state index contributed by atoms with van der Waals surface area (Å²) in [7, 11) is 0. The van der Waals surface area contributed by atoms with E-state index in [1.807, 2.05) is 34.6 Å². The lowest BCUT2D eigenvalue weighted by molar-refractivity contribution is -0.235. The third-order valence-corrected chi connectivity index (χ3v) is 3.99. The van der Waals surface area contributed by atoms with Crippen LogP contribution in [0.1, 0.15) is 34.6 Å². The molecule has 0 radical (unpaired) electrons. The van der Waals surface area contributed by atoms with Crippen molar-refractivity contribution >= 4 is 6.09 Å². The van der Waals surface area contributed by atoms with Crippen molar-refractivity contribution in [2.45, 2.75) is 76.9 Å². The third kappa shape index (κ3) is 3.46. The van der Waals surface area contributed by atoms with Crippen LogP contribution in [-0.2, 0) is 28.4 Å². The number of nitrogens with one attached hydrogen (secondary N) is 1. The Balaban J connectivity index is 1.73. The molecule has 0 bridgehead atoms. The highest BCUT2D eigenvalue weighted by molar-refractivity contribution is 5.67. The number of fused-ring (bicyclic) bond motifs is 1. The SMILES string of the molecule is CCNC(=O)OC1O[C@H]([C@H]2COC(C)(C)O2)[C@@H]2OC(C)(C)O[C@H]12. The van der Waals surface area contributed by atoms with Crippen molar-refractivity contribution in [2.24, 2.45) is 0 Å². The van der Waals surface area contributed by atoms with Crippen LogP contribution >= 0.6 is 0 Å². The zero-order chi connectivity index (χ0) is 16.8. The van der Waals surface area contributed by atoms with E-state index in [4.69, 9.17) is 28.4 Å². The lowest BCUT2D eigenvalue weighted by Crippen LogP contribution is -2.40. The van der Waals surface area contributed by atoms with E-state index in [0.717, 1.165) is 0 Å². The number of alkyl carbamates (subject to hydrolysis) is 1. The van der Waals surface area contributed by atoms with Gasteiger partial charge in [0.2, 0.25) is 6.29 Å². The second kappa shape index (κ2) is 5.86. The van der Waals surface area contributed by atoms with Gasteiger partial charge in [0.1, 0.15) is 18.3 Å². The number of rotatable bonds is 3. The van der Waals surface area contributed by atoms with Gasteiger partial charge in [-0.2, -0.15) is 0 Å². The molecule has 0 saturated carbocycles. The molecule has 3 aliphatic rings. The van der Waals surface area contributed by atoms with Gasteiger partial charge in [0.25, 0.3) is 0 Å². The molecule has 8 nitrogen and oxygen atoms in total. The molecule has 0 aromatic carbocycles. The van der Waals surface area contributed by atoms with Crippen LogP contribution < -0.4 is 5.32 Å². The first-order valence-corrected chi connectivity index (χ1v) is 7.98. The fourth-order valence-electron chi connectivity index (χ4n) is 3.15. The smallest absolute Gasteiger partial charge is 0.409 e. The first-order chi connectivity index (χ1) is 10.7. The number of carbonyl (C=O) groups excluding carboxylic acids is 1. The zero-order valence-electron chi connectivity index (χ0n) is 14.2. The van der Waals surface area contributed by atoms with Gasteiger partial charge in [-0.1, -0.05) is 0 Å². The number of hydrogen-bond donors (Lipinski definition) is 1. The molecule has 1 amide bonds. The average molecular weight is 331 g/mol. The van der Waals surface area contributed by atoms with Gasteiger partial charge in [0.15, 0.2) is 17.7 Å². The second-order valence-corrected chi connectivity index (χ2v) is 6.84. The van der Waals surface area contributed by atoms with Crippen LogP contribution in [0.25, 0.3) is 0 Å². The Bertz CT molecular complexity index is 467. The molecule has 3 rings (SSSR count). The van der Waals surface area contributed by atoms with Gasteiger partial charge >= 0.3 is 6.09 Å². The minimum atomic E-state index is -0.842. The number of amides is 1. The topological polar surface area (TPSA) is 84.5 Å². The maximum absolute atomic E-state index is 11.7. The normalized spacial score (nSPS) is 40.8. The zero-order valence-corrected chi connectivity index (χ0v) is 14.2. The molecule has 0 aliphatic carbocycles.